The molecule has 1 aromatic heterocycles. The summed E-state index contributed by atoms with van der Waals surface area (Å²) in [4.78, 5) is 4.29. The Hall–Kier alpha value is -1.86. The van der Waals surface area contributed by atoms with Gasteiger partial charge in [-0.05, 0) is 37.6 Å². The Morgan fingerprint density at radius 3 is 2.75 bits per heavy atom. The van der Waals surface area contributed by atoms with Crippen LogP contribution in [0.2, 0.25) is 0 Å². The molecule has 7 heteroatoms. The van der Waals surface area contributed by atoms with Gasteiger partial charge in [-0.1, -0.05) is 0 Å². The summed E-state index contributed by atoms with van der Waals surface area (Å²) in [6.07, 6.45) is 3.61. The summed E-state index contributed by atoms with van der Waals surface area (Å²) in [6.45, 7) is 4.95. The van der Waals surface area contributed by atoms with E-state index in [1.807, 2.05) is 17.7 Å². The summed E-state index contributed by atoms with van der Waals surface area (Å²) in [6, 6.07) is 4.54. The lowest BCUT2D eigenvalue weighted by atomic mass is 10.2. The zero-order valence-electron chi connectivity index (χ0n) is 11.4. The van der Waals surface area contributed by atoms with Gasteiger partial charge in [0.05, 0.1) is 4.90 Å². The molecule has 0 aliphatic heterocycles. The van der Waals surface area contributed by atoms with Crippen LogP contribution in [0.25, 0.3) is 0 Å². The molecule has 0 saturated carbocycles. The van der Waals surface area contributed by atoms with Crippen molar-refractivity contribution in [3.63, 3.8) is 0 Å². The van der Waals surface area contributed by atoms with Crippen molar-refractivity contribution >= 4 is 10.0 Å². The van der Waals surface area contributed by atoms with E-state index in [0.717, 1.165) is 12.4 Å². The second-order valence-corrected chi connectivity index (χ2v) is 5.95. The van der Waals surface area contributed by atoms with Gasteiger partial charge in [0.15, 0.2) is 0 Å². The second-order valence-electron chi connectivity index (χ2n) is 4.39. The molecule has 1 heterocycles. The summed E-state index contributed by atoms with van der Waals surface area (Å²) in [7, 11) is -3.68. The normalized spacial score (nSPS) is 11.6. The molecule has 0 spiro atoms. The minimum absolute atomic E-state index is 0.0809. The highest BCUT2D eigenvalue weighted by molar-refractivity contribution is 7.89. The highest BCUT2D eigenvalue weighted by Gasteiger charge is 2.11. The number of nitrogens with two attached hydrogens (primary N) is 1. The van der Waals surface area contributed by atoms with Gasteiger partial charge < -0.3 is 9.30 Å². The fraction of sp³-hybridized carbons (Fsp3) is 0.308. The van der Waals surface area contributed by atoms with Crippen LogP contribution in [0.5, 0.6) is 5.75 Å². The molecule has 108 valence electrons. The predicted octanol–water partition coefficient (Wildman–Crippen LogP) is 1.44. The number of primary sulfonamides is 1. The van der Waals surface area contributed by atoms with Gasteiger partial charge in [0.25, 0.3) is 0 Å². The number of hydrogen-bond acceptors (Lipinski definition) is 4. The Bertz CT molecular complexity index is 707. The molecule has 6 nitrogen and oxygen atoms in total. The molecular weight excluding hydrogens is 278 g/mol. The zero-order chi connectivity index (χ0) is 14.8. The Morgan fingerprint density at radius 1 is 1.40 bits per heavy atom. The molecule has 0 amide bonds. The minimum Gasteiger partial charge on any atom is -0.485 e. The van der Waals surface area contributed by atoms with Gasteiger partial charge in [0, 0.05) is 18.9 Å². The quantitative estimate of drug-likeness (QED) is 0.904. The number of ether oxygens (including phenoxy) is 1. The van der Waals surface area contributed by atoms with Crippen LogP contribution in [0, 0.1) is 6.92 Å². The predicted molar refractivity (Wildman–Crippen MR) is 74.8 cm³/mol. The van der Waals surface area contributed by atoms with Crippen LogP contribution in [0.1, 0.15) is 18.3 Å². The van der Waals surface area contributed by atoms with E-state index in [1.165, 1.54) is 12.1 Å². The Kier molecular flexibility index (Phi) is 4.10. The molecule has 0 bridgehead atoms. The van der Waals surface area contributed by atoms with E-state index in [2.05, 4.69) is 4.98 Å². The lowest BCUT2D eigenvalue weighted by Crippen LogP contribution is -2.12. The number of aryl methyl sites for hydroxylation is 2. The number of aromatic nitrogens is 2. The fourth-order valence-electron chi connectivity index (χ4n) is 1.87. The summed E-state index contributed by atoms with van der Waals surface area (Å²) >= 11 is 0. The van der Waals surface area contributed by atoms with Crippen LogP contribution in [0.4, 0.5) is 0 Å². The first-order valence-corrected chi connectivity index (χ1v) is 7.72. The van der Waals surface area contributed by atoms with Gasteiger partial charge >= 0.3 is 0 Å². The van der Waals surface area contributed by atoms with E-state index in [-0.39, 0.29) is 4.90 Å². The molecule has 0 atom stereocenters. The second kappa shape index (κ2) is 5.64. The number of nitrogens with zero attached hydrogens (tertiary/aromatic N) is 2. The Labute approximate surface area is 118 Å². The standard InChI is InChI=1S/C13H17N3O3S/c1-3-16-7-6-15-13(16)9-19-12-5-4-11(8-10(12)2)20(14,17)18/h4-8H,3,9H2,1-2H3,(H2,14,17,18). The molecular formula is C13H17N3O3S. The number of hydrogen-bond donors (Lipinski definition) is 1. The smallest absolute Gasteiger partial charge is 0.238 e. The monoisotopic (exact) mass is 295 g/mol. The van der Waals surface area contributed by atoms with Crippen molar-refractivity contribution in [2.45, 2.75) is 31.9 Å². The Morgan fingerprint density at radius 2 is 2.15 bits per heavy atom. The first kappa shape index (κ1) is 14.5. The van der Waals surface area contributed by atoms with Crippen molar-refractivity contribution in [3.05, 3.63) is 42.0 Å². The maximum Gasteiger partial charge on any atom is 0.238 e. The summed E-state index contributed by atoms with van der Waals surface area (Å²) in [5.74, 6) is 1.44. The topological polar surface area (TPSA) is 87.2 Å². The molecule has 0 saturated heterocycles. The number of sulfonamides is 1. The first-order chi connectivity index (χ1) is 9.41. The van der Waals surface area contributed by atoms with Gasteiger partial charge in [-0.3, -0.25) is 0 Å². The highest BCUT2D eigenvalue weighted by Crippen LogP contribution is 2.22. The fourth-order valence-corrected chi connectivity index (χ4v) is 2.47. The van der Waals surface area contributed by atoms with Crippen LogP contribution in [-0.4, -0.2) is 18.0 Å². The van der Waals surface area contributed by atoms with Gasteiger partial charge in [-0.2, -0.15) is 0 Å². The molecule has 2 N–H and O–H groups in total. The molecule has 2 rings (SSSR count). The van der Waals surface area contributed by atoms with Crippen molar-refractivity contribution in [1.29, 1.82) is 0 Å². The number of benzene rings is 1. The maximum atomic E-state index is 11.2. The van der Waals surface area contributed by atoms with Crippen molar-refractivity contribution in [2.24, 2.45) is 5.14 Å². The minimum atomic E-state index is -3.68. The van der Waals surface area contributed by atoms with E-state index < -0.39 is 10.0 Å². The van der Waals surface area contributed by atoms with E-state index >= 15 is 0 Å². The molecule has 0 radical (unpaired) electrons. The molecule has 2 aromatic rings. The van der Waals surface area contributed by atoms with Gasteiger partial charge in [0.2, 0.25) is 10.0 Å². The lowest BCUT2D eigenvalue weighted by Gasteiger charge is -2.10. The Balaban J connectivity index is 2.15. The van der Waals surface area contributed by atoms with Crippen molar-refractivity contribution in [1.82, 2.24) is 9.55 Å². The van der Waals surface area contributed by atoms with Crippen LogP contribution in [0.3, 0.4) is 0 Å². The van der Waals surface area contributed by atoms with Crippen LogP contribution in [0.15, 0.2) is 35.5 Å². The van der Waals surface area contributed by atoms with E-state index in [9.17, 15) is 8.42 Å². The highest BCUT2D eigenvalue weighted by atomic mass is 32.2. The van der Waals surface area contributed by atoms with E-state index in [4.69, 9.17) is 9.88 Å². The van der Waals surface area contributed by atoms with Gasteiger partial charge in [-0.25, -0.2) is 18.5 Å². The molecule has 0 unspecified atom stereocenters. The van der Waals surface area contributed by atoms with Crippen molar-refractivity contribution < 1.29 is 13.2 Å². The molecule has 0 aliphatic carbocycles. The van der Waals surface area contributed by atoms with Gasteiger partial charge in [0.1, 0.15) is 18.2 Å². The first-order valence-electron chi connectivity index (χ1n) is 6.18. The summed E-state index contributed by atoms with van der Waals surface area (Å²) in [5, 5.41) is 5.08. The number of imidazole rings is 1. The largest absolute Gasteiger partial charge is 0.485 e. The molecule has 0 fully saturated rings. The van der Waals surface area contributed by atoms with E-state index in [0.29, 0.717) is 17.9 Å². The molecule has 0 aliphatic rings. The molecule has 1 aromatic carbocycles. The van der Waals surface area contributed by atoms with Crippen molar-refractivity contribution in [2.75, 3.05) is 0 Å². The van der Waals surface area contributed by atoms with Crippen LogP contribution >= 0.6 is 0 Å². The average Bonchev–Trinajstić information content (AvgIpc) is 2.83. The van der Waals surface area contributed by atoms with E-state index in [1.54, 1.807) is 19.2 Å². The van der Waals surface area contributed by atoms with Gasteiger partial charge in [-0.15, -0.1) is 0 Å². The summed E-state index contributed by atoms with van der Waals surface area (Å²) < 4.78 is 30.1. The third-order valence-electron chi connectivity index (χ3n) is 2.97. The average molecular weight is 295 g/mol. The number of rotatable bonds is 5. The lowest BCUT2D eigenvalue weighted by molar-refractivity contribution is 0.288. The van der Waals surface area contributed by atoms with Crippen LogP contribution < -0.4 is 9.88 Å². The summed E-state index contributed by atoms with van der Waals surface area (Å²) in [5.41, 5.74) is 0.714. The molecule has 20 heavy (non-hydrogen) atoms. The third kappa shape index (κ3) is 3.17. The SMILES string of the molecule is CCn1ccnc1COc1ccc(S(N)(=O)=O)cc1C. The zero-order valence-corrected chi connectivity index (χ0v) is 12.2. The third-order valence-corrected chi connectivity index (χ3v) is 3.89. The maximum absolute atomic E-state index is 11.2. The van der Waals surface area contributed by atoms with Crippen LogP contribution in [-0.2, 0) is 23.2 Å². The van der Waals surface area contributed by atoms with Crippen molar-refractivity contribution in [3.8, 4) is 5.75 Å².